The number of hydrogen-bond donors (Lipinski definition) is 1. The van der Waals surface area contributed by atoms with Crippen LogP contribution in [0.3, 0.4) is 0 Å². The van der Waals surface area contributed by atoms with Crippen LogP contribution in [0.25, 0.3) is 16.7 Å². The van der Waals surface area contributed by atoms with Gasteiger partial charge in [0, 0.05) is 5.69 Å². The molecule has 0 saturated heterocycles. The van der Waals surface area contributed by atoms with Crippen LogP contribution in [0.2, 0.25) is 0 Å². The molecular formula is C16H12N4O2. The average molecular weight is 292 g/mol. The molecule has 108 valence electrons. The van der Waals surface area contributed by atoms with Gasteiger partial charge in [0.05, 0.1) is 34.0 Å². The summed E-state index contributed by atoms with van der Waals surface area (Å²) >= 11 is 0. The van der Waals surface area contributed by atoms with Crippen molar-refractivity contribution < 1.29 is 9.90 Å². The highest BCUT2D eigenvalue weighted by Crippen LogP contribution is 2.24. The van der Waals surface area contributed by atoms with Crippen molar-refractivity contribution in [3.8, 4) is 11.8 Å². The highest BCUT2D eigenvalue weighted by Gasteiger charge is 2.18. The molecule has 0 aliphatic rings. The first kappa shape index (κ1) is 13.8. The van der Waals surface area contributed by atoms with Gasteiger partial charge in [-0.25, -0.2) is 14.5 Å². The summed E-state index contributed by atoms with van der Waals surface area (Å²) in [5.41, 5.74) is 3.18. The molecule has 0 amide bonds. The molecule has 0 aliphatic heterocycles. The Hall–Kier alpha value is -3.20. The van der Waals surface area contributed by atoms with Crippen molar-refractivity contribution in [1.29, 1.82) is 5.26 Å². The maximum atomic E-state index is 11.4. The molecule has 6 heteroatoms. The summed E-state index contributed by atoms with van der Waals surface area (Å²) in [7, 11) is 0. The van der Waals surface area contributed by atoms with E-state index in [1.807, 2.05) is 0 Å². The molecule has 1 N–H and O–H groups in total. The van der Waals surface area contributed by atoms with E-state index >= 15 is 0 Å². The van der Waals surface area contributed by atoms with E-state index in [0.717, 1.165) is 5.69 Å². The molecule has 0 aliphatic carbocycles. The lowest BCUT2D eigenvalue weighted by Gasteiger charge is -2.04. The summed E-state index contributed by atoms with van der Waals surface area (Å²) in [6.45, 7) is 3.50. The highest BCUT2D eigenvalue weighted by molar-refractivity contribution is 6.03. The lowest BCUT2D eigenvalue weighted by Crippen LogP contribution is -2.02. The smallest absolute Gasteiger partial charge is 0.336 e. The van der Waals surface area contributed by atoms with E-state index in [2.05, 4.69) is 16.2 Å². The lowest BCUT2D eigenvalue weighted by atomic mass is 10.1. The second-order valence-corrected chi connectivity index (χ2v) is 4.97. The first-order valence-electron chi connectivity index (χ1n) is 6.62. The molecule has 0 saturated carbocycles. The molecule has 0 unspecified atom stereocenters. The van der Waals surface area contributed by atoms with E-state index < -0.39 is 5.97 Å². The normalized spacial score (nSPS) is 10.6. The van der Waals surface area contributed by atoms with E-state index in [1.54, 1.807) is 48.9 Å². The quantitative estimate of drug-likeness (QED) is 0.783. The van der Waals surface area contributed by atoms with Gasteiger partial charge in [-0.2, -0.15) is 10.4 Å². The number of rotatable bonds is 2. The van der Waals surface area contributed by atoms with Crippen LogP contribution < -0.4 is 0 Å². The zero-order valence-corrected chi connectivity index (χ0v) is 12.0. The molecule has 0 atom stereocenters. The van der Waals surface area contributed by atoms with Crippen LogP contribution in [0.1, 0.15) is 27.3 Å². The summed E-state index contributed by atoms with van der Waals surface area (Å²) in [5, 5.41) is 23.2. The van der Waals surface area contributed by atoms with Crippen LogP contribution in [-0.4, -0.2) is 25.8 Å². The largest absolute Gasteiger partial charge is 0.478 e. The predicted molar refractivity (Wildman–Crippen MR) is 80.0 cm³/mol. The monoisotopic (exact) mass is 292 g/mol. The van der Waals surface area contributed by atoms with E-state index in [9.17, 15) is 9.90 Å². The SMILES string of the molecule is Cc1cc(C(=O)O)c2c(C)nn(-c3ccc(C#N)cc3)c2n1. The van der Waals surface area contributed by atoms with Crippen LogP contribution >= 0.6 is 0 Å². The number of carbonyl (C=O) groups is 1. The number of benzene rings is 1. The molecule has 0 fully saturated rings. The minimum Gasteiger partial charge on any atom is -0.478 e. The van der Waals surface area contributed by atoms with Crippen LogP contribution in [0.5, 0.6) is 0 Å². The van der Waals surface area contributed by atoms with Gasteiger partial charge in [0.1, 0.15) is 0 Å². The number of carboxylic acid groups (broad SMARTS) is 1. The fourth-order valence-corrected chi connectivity index (χ4v) is 2.44. The molecule has 3 rings (SSSR count). The Kier molecular flexibility index (Phi) is 3.11. The van der Waals surface area contributed by atoms with Crippen LogP contribution in [0.15, 0.2) is 30.3 Å². The minimum absolute atomic E-state index is 0.194. The fraction of sp³-hybridized carbons (Fsp3) is 0.125. The molecule has 2 aromatic heterocycles. The molecule has 0 radical (unpaired) electrons. The van der Waals surface area contributed by atoms with Crippen molar-refractivity contribution >= 4 is 17.0 Å². The maximum absolute atomic E-state index is 11.4. The van der Waals surface area contributed by atoms with Crippen LogP contribution in [-0.2, 0) is 0 Å². The zero-order valence-electron chi connectivity index (χ0n) is 12.0. The number of aromatic carboxylic acids is 1. The summed E-state index contributed by atoms with van der Waals surface area (Å²) in [4.78, 5) is 15.9. The van der Waals surface area contributed by atoms with Crippen molar-refractivity contribution in [3.63, 3.8) is 0 Å². The predicted octanol–water partition coefficient (Wildman–Crippen LogP) is 2.61. The average Bonchev–Trinajstić information content (AvgIpc) is 2.83. The van der Waals surface area contributed by atoms with Crippen molar-refractivity contribution in [2.75, 3.05) is 0 Å². The van der Waals surface area contributed by atoms with Gasteiger partial charge in [-0.05, 0) is 44.2 Å². The maximum Gasteiger partial charge on any atom is 0.336 e. The fourth-order valence-electron chi connectivity index (χ4n) is 2.44. The number of pyridine rings is 1. The third-order valence-corrected chi connectivity index (χ3v) is 3.41. The van der Waals surface area contributed by atoms with Crippen molar-refractivity contribution in [2.24, 2.45) is 0 Å². The number of fused-ring (bicyclic) bond motifs is 1. The second kappa shape index (κ2) is 4.97. The van der Waals surface area contributed by atoms with Gasteiger partial charge in [-0.1, -0.05) is 0 Å². The lowest BCUT2D eigenvalue weighted by molar-refractivity contribution is 0.0698. The molecule has 3 aromatic rings. The Labute approximate surface area is 126 Å². The Bertz CT molecular complexity index is 933. The van der Waals surface area contributed by atoms with Crippen molar-refractivity contribution in [3.05, 3.63) is 52.8 Å². The van der Waals surface area contributed by atoms with Gasteiger partial charge >= 0.3 is 5.97 Å². The van der Waals surface area contributed by atoms with Crippen LogP contribution in [0.4, 0.5) is 0 Å². The summed E-state index contributed by atoms with van der Waals surface area (Å²) in [5.74, 6) is -1.00. The second-order valence-electron chi connectivity index (χ2n) is 4.97. The number of aromatic nitrogens is 3. The summed E-state index contributed by atoms with van der Waals surface area (Å²) in [6, 6.07) is 10.5. The molecular weight excluding hydrogens is 280 g/mol. The van der Waals surface area contributed by atoms with Gasteiger partial charge in [-0.15, -0.1) is 0 Å². The molecule has 1 aromatic carbocycles. The van der Waals surface area contributed by atoms with E-state index in [0.29, 0.717) is 28.0 Å². The Morgan fingerprint density at radius 2 is 1.95 bits per heavy atom. The molecule has 6 nitrogen and oxygen atoms in total. The van der Waals surface area contributed by atoms with Crippen LogP contribution in [0, 0.1) is 25.2 Å². The topological polar surface area (TPSA) is 91.8 Å². The first-order chi connectivity index (χ1) is 10.5. The van der Waals surface area contributed by atoms with Gasteiger partial charge < -0.3 is 5.11 Å². The zero-order chi connectivity index (χ0) is 15.9. The first-order valence-corrected chi connectivity index (χ1v) is 6.62. The van der Waals surface area contributed by atoms with E-state index in [4.69, 9.17) is 5.26 Å². The van der Waals surface area contributed by atoms with Crippen molar-refractivity contribution in [1.82, 2.24) is 14.8 Å². The Morgan fingerprint density at radius 1 is 1.27 bits per heavy atom. The van der Waals surface area contributed by atoms with Gasteiger partial charge in [0.15, 0.2) is 5.65 Å². The molecule has 22 heavy (non-hydrogen) atoms. The third kappa shape index (κ3) is 2.09. The Balaban J connectivity index is 2.31. The standard InChI is InChI=1S/C16H12N4O2/c1-9-7-13(16(21)22)14-10(2)19-20(15(14)18-9)12-5-3-11(8-17)4-6-12/h3-7H,1-2H3,(H,21,22). The van der Waals surface area contributed by atoms with E-state index in [1.165, 1.54) is 0 Å². The Morgan fingerprint density at radius 3 is 2.55 bits per heavy atom. The number of hydrogen-bond acceptors (Lipinski definition) is 4. The molecule has 2 heterocycles. The minimum atomic E-state index is -1.00. The highest BCUT2D eigenvalue weighted by atomic mass is 16.4. The van der Waals surface area contributed by atoms with Gasteiger partial charge in [0.25, 0.3) is 0 Å². The number of nitriles is 1. The van der Waals surface area contributed by atoms with Gasteiger partial charge in [0.2, 0.25) is 0 Å². The third-order valence-electron chi connectivity index (χ3n) is 3.41. The number of aryl methyl sites for hydroxylation is 2. The summed E-state index contributed by atoms with van der Waals surface area (Å²) < 4.78 is 1.60. The summed E-state index contributed by atoms with van der Waals surface area (Å²) in [6.07, 6.45) is 0. The van der Waals surface area contributed by atoms with Gasteiger partial charge in [-0.3, -0.25) is 0 Å². The molecule has 0 bridgehead atoms. The number of carboxylic acids is 1. The van der Waals surface area contributed by atoms with E-state index in [-0.39, 0.29) is 5.56 Å². The van der Waals surface area contributed by atoms with Crippen molar-refractivity contribution in [2.45, 2.75) is 13.8 Å². The number of nitrogens with zero attached hydrogens (tertiary/aromatic N) is 4. The molecule has 0 spiro atoms.